The van der Waals surface area contributed by atoms with Crippen LogP contribution >= 0.6 is 0 Å². The monoisotopic (exact) mass is 1930 g/mol. The van der Waals surface area contributed by atoms with E-state index in [0.717, 1.165) is 68.9 Å². The number of hydrogen-bond acceptors (Lipinski definition) is 4. The maximum atomic E-state index is 6.04. The van der Waals surface area contributed by atoms with Gasteiger partial charge in [0.05, 0.1) is 23.1 Å². The quantitative estimate of drug-likeness (QED) is 0.0803. The molecule has 0 saturated heterocycles. The summed E-state index contributed by atoms with van der Waals surface area (Å²) in [4.78, 5) is 14.3. The number of imidazole rings is 3. The van der Waals surface area contributed by atoms with Crippen LogP contribution in [0.4, 0.5) is 0 Å². The van der Waals surface area contributed by atoms with Crippen molar-refractivity contribution >= 4 is 21.9 Å². The standard InChI is InChI=1S/C33H29N2O.C33H31N2.C29H31N2.CH4.3Ir/c1-21(2)27-19-25(23-10-6-5-7-11-23)20-28(22(3)4)32(27)35-17-16-34-33(35)24-14-15-31-29(18-24)26-12-8-9-13-30(26)36-31;1-23(2)30-21-29(26-14-9-6-10-15-26)22-31(24(3)4)32(30)35-19-18-34-33(35)28-17-11-16-27(20-28)25-12-7-5-8-13-25;1-21(2)17-26-19-25(23-11-7-5-8-12-23)20-27(18-22(3)4)28(26)31-16-15-30-29(31)24-13-9-6-10-14-24;;;;/h5-13,15-22H,1-4H3;5-16,18-24H,1-4H3;5-13,15-16,19-22H,17-18H2,1-4H3;1H4;;;/q3*-1;;;;. The third kappa shape index (κ3) is 18.1. The Hall–Kier alpha value is -9.20. The van der Waals surface area contributed by atoms with E-state index in [1.807, 2.05) is 73.2 Å². The van der Waals surface area contributed by atoms with E-state index in [0.29, 0.717) is 35.5 Å². The Balaban J connectivity index is 0.000000181. The van der Waals surface area contributed by atoms with E-state index >= 15 is 0 Å². The molecule has 11 aromatic carbocycles. The number of para-hydroxylation sites is 1. The second-order valence-electron chi connectivity index (χ2n) is 28.8. The first-order valence-electron chi connectivity index (χ1n) is 36.2. The summed E-state index contributed by atoms with van der Waals surface area (Å²) >= 11 is 0. The van der Waals surface area contributed by atoms with Crippen LogP contribution in [0.25, 0.3) is 118 Å². The van der Waals surface area contributed by atoms with Crippen LogP contribution in [0.5, 0.6) is 0 Å². The van der Waals surface area contributed by atoms with Crippen molar-refractivity contribution in [1.82, 2.24) is 28.7 Å². The molecule has 0 aliphatic rings. The number of aromatic nitrogens is 6. The van der Waals surface area contributed by atoms with Crippen LogP contribution in [0.15, 0.2) is 278 Å². The zero-order valence-electron chi connectivity index (χ0n) is 62.0. The molecule has 15 rings (SSSR count). The van der Waals surface area contributed by atoms with Gasteiger partial charge in [0.15, 0.2) is 0 Å². The SMILES string of the molecule is C.CC(C)Cc1cc(-c2ccccc2)cc(CC(C)C)c1-n1ccnc1-c1[c-]cccc1.CC(C)c1cc(-c2ccccc2)cc(C(C)C)c1-n1ccnc1-c1[c-]cc2oc3ccccc3c2c1.CC(C)c1cc(-c2ccccc2)cc(C(C)C)c1-n1ccnc1-c1[c-]ccc(-c2ccccc2)c1.[Ir].[Ir].[Ir]. The summed E-state index contributed by atoms with van der Waals surface area (Å²) < 4.78 is 12.8. The van der Waals surface area contributed by atoms with Crippen LogP contribution in [-0.4, -0.2) is 28.7 Å². The Bertz CT molecular complexity index is 5210. The van der Waals surface area contributed by atoms with Gasteiger partial charge in [0.1, 0.15) is 5.58 Å². The van der Waals surface area contributed by atoms with E-state index in [-0.39, 0.29) is 67.7 Å². The molecule has 0 saturated carbocycles. The van der Waals surface area contributed by atoms with E-state index in [1.165, 1.54) is 95.0 Å². The van der Waals surface area contributed by atoms with Gasteiger partial charge in [-0.1, -0.05) is 235 Å². The van der Waals surface area contributed by atoms with E-state index in [4.69, 9.17) is 19.4 Å². The molecule has 0 amide bonds. The number of benzene rings is 11. The zero-order valence-corrected chi connectivity index (χ0v) is 69.1. The first kappa shape index (κ1) is 80.9. The molecule has 0 aliphatic heterocycles. The van der Waals surface area contributed by atoms with Gasteiger partial charge in [0.25, 0.3) is 0 Å². The molecule has 106 heavy (non-hydrogen) atoms. The zero-order chi connectivity index (χ0) is 71.0. The largest absolute Gasteiger partial charge is 0.500 e. The fourth-order valence-electron chi connectivity index (χ4n) is 14.1. The van der Waals surface area contributed by atoms with Gasteiger partial charge in [-0.2, -0.15) is 0 Å². The summed E-state index contributed by atoms with van der Waals surface area (Å²) in [6.45, 7) is 27.3. The molecule has 0 spiro atoms. The Kier molecular flexibility index (Phi) is 28.1. The molecule has 0 aliphatic carbocycles. The van der Waals surface area contributed by atoms with Crippen molar-refractivity contribution in [3.63, 3.8) is 0 Å². The van der Waals surface area contributed by atoms with Crippen LogP contribution in [0.2, 0.25) is 0 Å². The second kappa shape index (κ2) is 36.9. The number of furan rings is 1. The molecule has 3 radical (unpaired) electrons. The Labute approximate surface area is 669 Å². The van der Waals surface area contributed by atoms with Gasteiger partial charge in [-0.25, -0.2) is 0 Å². The molecule has 545 valence electrons. The molecule has 4 heterocycles. The Morgan fingerprint density at radius 3 is 1.10 bits per heavy atom. The van der Waals surface area contributed by atoms with Crippen molar-refractivity contribution in [2.45, 2.75) is 127 Å². The van der Waals surface area contributed by atoms with Crippen LogP contribution < -0.4 is 0 Å². The average Bonchev–Trinajstić information content (AvgIpc) is 1.40. The smallest absolute Gasteiger partial charge is 0.120 e. The topological polar surface area (TPSA) is 66.6 Å². The first-order chi connectivity index (χ1) is 49.6. The van der Waals surface area contributed by atoms with Gasteiger partial charge in [-0.05, 0) is 163 Å². The summed E-state index contributed by atoms with van der Waals surface area (Å²) in [5.74, 6) is 5.29. The maximum Gasteiger partial charge on any atom is 0.120 e. The van der Waals surface area contributed by atoms with Gasteiger partial charge in [-0.3, -0.25) is 15.0 Å². The average molecular weight is 1930 g/mol. The van der Waals surface area contributed by atoms with E-state index in [1.54, 1.807) is 0 Å². The molecule has 7 nitrogen and oxygen atoms in total. The van der Waals surface area contributed by atoms with Crippen LogP contribution in [0, 0.1) is 30.0 Å². The first-order valence-corrected chi connectivity index (χ1v) is 36.2. The third-order valence-electron chi connectivity index (χ3n) is 19.0. The summed E-state index contributed by atoms with van der Waals surface area (Å²) in [5.41, 5.74) is 26.4. The van der Waals surface area contributed by atoms with Crippen molar-refractivity contribution in [3.8, 4) is 95.7 Å². The molecular weight excluding hydrogens is 1830 g/mol. The van der Waals surface area contributed by atoms with Gasteiger partial charge in [0.2, 0.25) is 0 Å². The van der Waals surface area contributed by atoms with Crippen LogP contribution in [0.3, 0.4) is 0 Å². The van der Waals surface area contributed by atoms with Crippen molar-refractivity contribution < 1.29 is 64.7 Å². The second-order valence-corrected chi connectivity index (χ2v) is 28.8. The van der Waals surface area contributed by atoms with Gasteiger partial charge < -0.3 is 18.1 Å². The van der Waals surface area contributed by atoms with Crippen LogP contribution in [-0.2, 0) is 73.2 Å². The minimum atomic E-state index is 0. The molecule has 10 heteroatoms. The van der Waals surface area contributed by atoms with Gasteiger partial charge in [-0.15, -0.1) is 95.1 Å². The number of hydrogen-bond donors (Lipinski definition) is 0. The van der Waals surface area contributed by atoms with Gasteiger partial charge in [0, 0.05) is 120 Å². The molecule has 0 fully saturated rings. The summed E-state index contributed by atoms with van der Waals surface area (Å²) in [5, 5.41) is 2.19. The number of nitrogens with zero attached hydrogens (tertiary/aromatic N) is 6. The summed E-state index contributed by atoms with van der Waals surface area (Å²) in [7, 11) is 0. The maximum absolute atomic E-state index is 6.04. The van der Waals surface area contributed by atoms with E-state index in [2.05, 4.69) is 316 Å². The van der Waals surface area contributed by atoms with E-state index in [9.17, 15) is 0 Å². The molecule has 4 aromatic heterocycles. The van der Waals surface area contributed by atoms with Gasteiger partial charge >= 0.3 is 0 Å². The Morgan fingerprint density at radius 1 is 0.321 bits per heavy atom. The van der Waals surface area contributed by atoms with E-state index < -0.39 is 0 Å². The number of rotatable bonds is 18. The minimum absolute atomic E-state index is 0. The molecule has 0 N–H and O–H groups in total. The fraction of sp³-hybridized carbons (Fsp3) is 0.219. The molecule has 0 unspecified atom stereocenters. The molecule has 0 atom stereocenters. The predicted molar refractivity (Wildman–Crippen MR) is 433 cm³/mol. The predicted octanol–water partition coefficient (Wildman–Crippen LogP) is 26.1. The van der Waals surface area contributed by atoms with Crippen molar-refractivity contribution in [2.24, 2.45) is 11.8 Å². The van der Waals surface area contributed by atoms with Crippen molar-refractivity contribution in [2.75, 3.05) is 0 Å². The minimum Gasteiger partial charge on any atom is -0.500 e. The van der Waals surface area contributed by atoms with Crippen molar-refractivity contribution in [1.29, 1.82) is 0 Å². The summed E-state index contributed by atoms with van der Waals surface area (Å²) in [6, 6.07) is 93.6. The summed E-state index contributed by atoms with van der Waals surface area (Å²) in [6.07, 6.45) is 14.0. The molecular formula is C96H95Ir3N6O-3. The normalized spacial score (nSPS) is 11.1. The Morgan fingerprint density at radius 2 is 0.689 bits per heavy atom. The third-order valence-corrected chi connectivity index (χ3v) is 19.0. The molecule has 15 aromatic rings. The number of fused-ring (bicyclic) bond motifs is 3. The molecule has 0 bridgehead atoms. The fourth-order valence-corrected chi connectivity index (χ4v) is 14.1. The van der Waals surface area contributed by atoms with Crippen molar-refractivity contribution in [3.05, 3.63) is 325 Å². The van der Waals surface area contributed by atoms with Crippen LogP contribution in [0.1, 0.15) is 148 Å².